The van der Waals surface area contributed by atoms with Crippen LogP contribution in [0.4, 0.5) is 22.0 Å². The molecule has 0 radical (unpaired) electrons. The third-order valence-corrected chi connectivity index (χ3v) is 7.43. The molecule has 2 unspecified atom stereocenters. The van der Waals surface area contributed by atoms with Crippen molar-refractivity contribution < 1.29 is 31.4 Å². The Hall–Kier alpha value is -4.18. The summed E-state index contributed by atoms with van der Waals surface area (Å²) in [7, 11) is 0. The van der Waals surface area contributed by atoms with Crippen molar-refractivity contribution in [1.82, 2.24) is 4.57 Å². The summed E-state index contributed by atoms with van der Waals surface area (Å²) in [5.74, 6) is -1.98. The average Bonchev–Trinajstić information content (AvgIpc) is 3.38. The fraction of sp³-hybridized carbons (Fsp3) is 0.281. The van der Waals surface area contributed by atoms with Crippen LogP contribution in [0.25, 0.3) is 11.1 Å². The number of nitrogens with two attached hydrogens (primary N) is 1. The highest BCUT2D eigenvalue weighted by atomic mass is 19.4. The number of hydrogen-bond acceptors (Lipinski definition) is 4. The number of hydrogen-bond donors (Lipinski definition) is 1. The van der Waals surface area contributed by atoms with Crippen molar-refractivity contribution in [2.75, 3.05) is 6.61 Å². The Morgan fingerprint density at radius 2 is 1.69 bits per heavy atom. The van der Waals surface area contributed by atoms with Gasteiger partial charge in [0.1, 0.15) is 12.4 Å². The van der Waals surface area contributed by atoms with E-state index < -0.39 is 53.0 Å². The van der Waals surface area contributed by atoms with E-state index >= 15 is 8.78 Å². The molecule has 0 bridgehead atoms. The second-order valence-electron chi connectivity index (χ2n) is 10.5. The molecule has 1 aliphatic rings. The van der Waals surface area contributed by atoms with Gasteiger partial charge < -0.3 is 15.2 Å². The quantitative estimate of drug-likeness (QED) is 0.235. The predicted octanol–water partition coefficient (Wildman–Crippen LogP) is 7.13. The minimum absolute atomic E-state index is 0.0241. The number of pyridine rings is 1. The first-order chi connectivity index (χ1) is 19.9. The summed E-state index contributed by atoms with van der Waals surface area (Å²) in [5, 5.41) is 0. The number of alkyl halides is 3. The van der Waals surface area contributed by atoms with E-state index in [1.807, 2.05) is 6.07 Å². The molecule has 42 heavy (non-hydrogen) atoms. The van der Waals surface area contributed by atoms with Crippen molar-refractivity contribution in [1.29, 1.82) is 0 Å². The molecule has 0 saturated carbocycles. The van der Waals surface area contributed by atoms with Gasteiger partial charge in [-0.3, -0.25) is 9.36 Å². The van der Waals surface area contributed by atoms with Crippen molar-refractivity contribution in [3.8, 4) is 22.8 Å². The van der Waals surface area contributed by atoms with Gasteiger partial charge in [0.25, 0.3) is 5.56 Å². The SMILES string of the molecule is Cc1c(Cc2c(F)cccc2C(F)(F)F)c2n(c(=O)c1-c1cccc(OC(C)C)c1F)C(C(N)c1ccccc1)CO2. The van der Waals surface area contributed by atoms with Gasteiger partial charge in [-0.25, -0.2) is 8.78 Å². The number of nitrogens with zero attached hydrogens (tertiary/aromatic N) is 1. The van der Waals surface area contributed by atoms with E-state index in [0.717, 1.165) is 18.2 Å². The summed E-state index contributed by atoms with van der Waals surface area (Å²) in [5.41, 5.74) is 4.97. The van der Waals surface area contributed by atoms with Gasteiger partial charge in [-0.05, 0) is 50.1 Å². The van der Waals surface area contributed by atoms with Crippen LogP contribution in [0, 0.1) is 18.6 Å². The maximum atomic E-state index is 15.9. The van der Waals surface area contributed by atoms with Crippen molar-refractivity contribution >= 4 is 0 Å². The highest BCUT2D eigenvalue weighted by Crippen LogP contribution is 2.42. The van der Waals surface area contributed by atoms with Gasteiger partial charge in [0, 0.05) is 23.1 Å². The van der Waals surface area contributed by atoms with Crippen LogP contribution in [0.5, 0.6) is 11.6 Å². The monoisotopic (exact) mass is 584 g/mol. The summed E-state index contributed by atoms with van der Waals surface area (Å²) in [6.45, 7) is 4.87. The molecule has 3 aromatic carbocycles. The third kappa shape index (κ3) is 5.27. The second-order valence-corrected chi connectivity index (χ2v) is 10.5. The minimum atomic E-state index is -4.84. The maximum Gasteiger partial charge on any atom is 0.416 e. The zero-order valence-corrected chi connectivity index (χ0v) is 23.1. The summed E-state index contributed by atoms with van der Waals surface area (Å²) in [6, 6.07) is 14.5. The highest BCUT2D eigenvalue weighted by Gasteiger charge is 2.38. The zero-order valence-electron chi connectivity index (χ0n) is 23.1. The van der Waals surface area contributed by atoms with Crippen LogP contribution in [-0.2, 0) is 12.6 Å². The Morgan fingerprint density at radius 1 is 1.00 bits per heavy atom. The van der Waals surface area contributed by atoms with E-state index in [4.69, 9.17) is 15.2 Å². The number of aromatic nitrogens is 1. The maximum absolute atomic E-state index is 15.9. The van der Waals surface area contributed by atoms with E-state index in [0.29, 0.717) is 5.56 Å². The highest BCUT2D eigenvalue weighted by molar-refractivity contribution is 5.71. The zero-order chi connectivity index (χ0) is 30.3. The first-order valence-electron chi connectivity index (χ1n) is 13.4. The van der Waals surface area contributed by atoms with E-state index in [9.17, 15) is 18.0 Å². The van der Waals surface area contributed by atoms with Gasteiger partial charge in [0.15, 0.2) is 11.6 Å². The number of ether oxygens (including phenoxy) is 2. The van der Waals surface area contributed by atoms with Crippen LogP contribution in [0.2, 0.25) is 0 Å². The molecule has 0 saturated heterocycles. The fourth-order valence-electron chi connectivity index (χ4n) is 5.44. The van der Waals surface area contributed by atoms with Crippen LogP contribution in [0.3, 0.4) is 0 Å². The summed E-state index contributed by atoms with van der Waals surface area (Å²) < 4.78 is 85.5. The Kier molecular flexibility index (Phi) is 7.85. The van der Waals surface area contributed by atoms with Crippen LogP contribution in [0.15, 0.2) is 71.5 Å². The second kappa shape index (κ2) is 11.2. The molecule has 4 aromatic rings. The molecule has 0 fully saturated rings. The molecule has 1 aromatic heterocycles. The van der Waals surface area contributed by atoms with Crippen LogP contribution in [-0.4, -0.2) is 17.3 Å². The normalized spacial score (nSPS) is 15.4. The number of halogens is 5. The standard InChI is InChI=1S/C32H29F5N2O3/c1-17(2)42-26-14-7-11-20(28(26)34)27-18(3)21(15-22-23(32(35,36)37)12-8-13-24(22)33)31-39(30(27)40)25(16-41-31)29(38)19-9-5-4-6-10-19/h4-14,17,25,29H,15-16,38H2,1-3H3. The minimum Gasteiger partial charge on any atom is -0.488 e. The lowest BCUT2D eigenvalue weighted by Crippen LogP contribution is -2.32. The molecule has 0 spiro atoms. The van der Waals surface area contributed by atoms with Gasteiger partial charge in [-0.2, -0.15) is 13.2 Å². The molecule has 0 amide bonds. The molecular weight excluding hydrogens is 555 g/mol. The topological polar surface area (TPSA) is 66.5 Å². The largest absolute Gasteiger partial charge is 0.488 e. The van der Waals surface area contributed by atoms with E-state index in [-0.39, 0.29) is 46.6 Å². The van der Waals surface area contributed by atoms with Crippen molar-refractivity contribution in [3.63, 3.8) is 0 Å². The van der Waals surface area contributed by atoms with Crippen molar-refractivity contribution in [3.05, 3.63) is 117 Å². The Balaban J connectivity index is 1.78. The lowest BCUT2D eigenvalue weighted by atomic mass is 9.91. The van der Waals surface area contributed by atoms with Gasteiger partial charge in [0.05, 0.1) is 29.3 Å². The Morgan fingerprint density at radius 3 is 2.36 bits per heavy atom. The molecule has 2 heterocycles. The van der Waals surface area contributed by atoms with E-state index in [1.165, 1.54) is 29.7 Å². The molecule has 2 atom stereocenters. The summed E-state index contributed by atoms with van der Waals surface area (Å²) >= 11 is 0. The van der Waals surface area contributed by atoms with Crippen LogP contribution < -0.4 is 20.8 Å². The average molecular weight is 585 g/mol. The lowest BCUT2D eigenvalue weighted by molar-refractivity contribution is -0.138. The lowest BCUT2D eigenvalue weighted by Gasteiger charge is -2.23. The molecule has 5 nitrogen and oxygen atoms in total. The molecule has 1 aliphatic heterocycles. The molecule has 10 heteroatoms. The van der Waals surface area contributed by atoms with Gasteiger partial charge in [0.2, 0.25) is 5.88 Å². The fourth-order valence-corrected chi connectivity index (χ4v) is 5.44. The number of rotatable bonds is 7. The predicted molar refractivity (Wildman–Crippen MR) is 149 cm³/mol. The van der Waals surface area contributed by atoms with Crippen molar-refractivity contribution in [2.45, 2.75) is 51.6 Å². The third-order valence-electron chi connectivity index (χ3n) is 7.43. The van der Waals surface area contributed by atoms with E-state index in [1.54, 1.807) is 38.1 Å². The molecule has 220 valence electrons. The smallest absolute Gasteiger partial charge is 0.416 e. The Bertz CT molecular complexity index is 1680. The summed E-state index contributed by atoms with van der Waals surface area (Å²) in [4.78, 5) is 14.2. The summed E-state index contributed by atoms with van der Waals surface area (Å²) in [6.07, 6.45) is -5.76. The Labute approximate surface area is 239 Å². The molecule has 2 N–H and O–H groups in total. The van der Waals surface area contributed by atoms with Gasteiger partial charge in [-0.1, -0.05) is 48.5 Å². The number of fused-ring (bicyclic) bond motifs is 1. The van der Waals surface area contributed by atoms with Crippen molar-refractivity contribution in [2.24, 2.45) is 5.73 Å². The first kappa shape index (κ1) is 29.3. The van der Waals surface area contributed by atoms with E-state index in [2.05, 4.69) is 0 Å². The molecular formula is C32H29F5N2O3. The van der Waals surface area contributed by atoms with Gasteiger partial charge in [-0.15, -0.1) is 0 Å². The van der Waals surface area contributed by atoms with Gasteiger partial charge >= 0.3 is 6.18 Å². The van der Waals surface area contributed by atoms with Crippen LogP contribution in [0.1, 0.15) is 53.7 Å². The molecule has 0 aliphatic carbocycles. The molecule has 5 rings (SSSR count). The first-order valence-corrected chi connectivity index (χ1v) is 13.4. The number of benzene rings is 3. The van der Waals surface area contributed by atoms with Crippen LogP contribution >= 0.6 is 0 Å².